The van der Waals surface area contributed by atoms with Crippen LogP contribution in [-0.2, 0) is 11.3 Å². The molecular formula is C19H19ClN4O3S. The predicted octanol–water partition coefficient (Wildman–Crippen LogP) is 3.35. The lowest BCUT2D eigenvalue weighted by Crippen LogP contribution is -2.24. The highest BCUT2D eigenvalue weighted by Crippen LogP contribution is 2.27. The number of hydrogen-bond acceptors (Lipinski definition) is 6. The van der Waals surface area contributed by atoms with Crippen LogP contribution >= 0.6 is 23.4 Å². The van der Waals surface area contributed by atoms with Crippen molar-refractivity contribution >= 4 is 29.3 Å². The second-order valence-corrected chi connectivity index (χ2v) is 7.10. The minimum Gasteiger partial charge on any atom is -0.493 e. The number of carbonyl (C=O) groups excluding carboxylic acids is 1. The van der Waals surface area contributed by atoms with Gasteiger partial charge >= 0.3 is 0 Å². The Balaban J connectivity index is 1.56. The second kappa shape index (κ2) is 9.48. The van der Waals surface area contributed by atoms with Crippen LogP contribution in [0.4, 0.5) is 0 Å². The van der Waals surface area contributed by atoms with E-state index in [1.54, 1.807) is 31.2 Å². The van der Waals surface area contributed by atoms with Crippen molar-refractivity contribution in [3.05, 3.63) is 59.4 Å². The molecule has 0 aliphatic heterocycles. The van der Waals surface area contributed by atoms with Crippen molar-refractivity contribution in [2.45, 2.75) is 11.7 Å². The lowest BCUT2D eigenvalue weighted by Gasteiger charge is -2.10. The number of ether oxygens (including phenoxy) is 2. The van der Waals surface area contributed by atoms with Crippen molar-refractivity contribution in [2.75, 3.05) is 20.0 Å². The molecule has 0 unspecified atom stereocenters. The predicted molar refractivity (Wildman–Crippen MR) is 108 cm³/mol. The quantitative estimate of drug-likeness (QED) is 0.565. The molecule has 0 bridgehead atoms. The van der Waals surface area contributed by atoms with Gasteiger partial charge in [-0.3, -0.25) is 9.36 Å². The fraction of sp³-hybridized carbons (Fsp3) is 0.211. The molecule has 1 heterocycles. The highest BCUT2D eigenvalue weighted by Gasteiger charge is 2.11. The van der Waals surface area contributed by atoms with Crippen LogP contribution in [0.5, 0.6) is 11.5 Å². The summed E-state index contributed by atoms with van der Waals surface area (Å²) in [7, 11) is 3.16. The third kappa shape index (κ3) is 4.96. The van der Waals surface area contributed by atoms with Crippen LogP contribution in [-0.4, -0.2) is 40.6 Å². The number of thioether (sulfide) groups is 1. The Bertz CT molecular complexity index is 964. The average molecular weight is 419 g/mol. The molecular weight excluding hydrogens is 400 g/mol. The number of halogens is 1. The smallest absolute Gasteiger partial charge is 0.230 e. The molecule has 1 amide bonds. The third-order valence-corrected chi connectivity index (χ3v) is 5.05. The highest BCUT2D eigenvalue weighted by atomic mass is 35.5. The Morgan fingerprint density at radius 3 is 2.75 bits per heavy atom. The molecule has 9 heteroatoms. The first kappa shape index (κ1) is 20.0. The van der Waals surface area contributed by atoms with Crippen molar-refractivity contribution in [3.63, 3.8) is 0 Å². The van der Waals surface area contributed by atoms with Crippen molar-refractivity contribution < 1.29 is 14.3 Å². The average Bonchev–Trinajstić information content (AvgIpc) is 3.19. The molecule has 0 spiro atoms. The van der Waals surface area contributed by atoms with E-state index >= 15 is 0 Å². The lowest BCUT2D eigenvalue weighted by atomic mass is 10.2. The summed E-state index contributed by atoms with van der Waals surface area (Å²) < 4.78 is 12.3. The minimum absolute atomic E-state index is 0.111. The summed E-state index contributed by atoms with van der Waals surface area (Å²) in [6, 6.07) is 12.9. The molecule has 0 saturated carbocycles. The van der Waals surface area contributed by atoms with E-state index in [4.69, 9.17) is 21.1 Å². The van der Waals surface area contributed by atoms with Gasteiger partial charge in [0, 0.05) is 11.6 Å². The monoisotopic (exact) mass is 418 g/mol. The van der Waals surface area contributed by atoms with Gasteiger partial charge in [0.25, 0.3) is 0 Å². The lowest BCUT2D eigenvalue weighted by molar-refractivity contribution is -0.118. The fourth-order valence-electron chi connectivity index (χ4n) is 2.50. The summed E-state index contributed by atoms with van der Waals surface area (Å²) >= 11 is 7.34. The van der Waals surface area contributed by atoms with Gasteiger partial charge in [0.05, 0.1) is 25.7 Å². The van der Waals surface area contributed by atoms with Crippen molar-refractivity contribution in [1.29, 1.82) is 0 Å². The van der Waals surface area contributed by atoms with Crippen molar-refractivity contribution in [1.82, 2.24) is 20.1 Å². The van der Waals surface area contributed by atoms with E-state index in [0.717, 1.165) is 11.3 Å². The Labute approximate surface area is 172 Å². The Hall–Kier alpha value is -2.71. The molecule has 28 heavy (non-hydrogen) atoms. The number of benzene rings is 2. The molecule has 0 aliphatic carbocycles. The summed E-state index contributed by atoms with van der Waals surface area (Å²) in [6.07, 6.45) is 1.59. The first-order valence-corrected chi connectivity index (χ1v) is 9.73. The van der Waals surface area contributed by atoms with E-state index in [-0.39, 0.29) is 11.7 Å². The Morgan fingerprint density at radius 2 is 2.00 bits per heavy atom. The van der Waals surface area contributed by atoms with Crippen LogP contribution in [0.1, 0.15) is 5.56 Å². The van der Waals surface area contributed by atoms with Gasteiger partial charge in [0.15, 0.2) is 16.7 Å². The van der Waals surface area contributed by atoms with E-state index in [1.807, 2.05) is 36.4 Å². The zero-order valence-corrected chi connectivity index (χ0v) is 17.0. The zero-order valence-electron chi connectivity index (χ0n) is 15.4. The van der Waals surface area contributed by atoms with Gasteiger partial charge in [-0.05, 0) is 35.9 Å². The van der Waals surface area contributed by atoms with Gasteiger partial charge in [-0.1, -0.05) is 35.5 Å². The van der Waals surface area contributed by atoms with Crippen molar-refractivity contribution in [2.24, 2.45) is 0 Å². The maximum Gasteiger partial charge on any atom is 0.230 e. The molecule has 7 nitrogen and oxygen atoms in total. The maximum absolute atomic E-state index is 12.2. The number of aromatic nitrogens is 3. The van der Waals surface area contributed by atoms with Gasteiger partial charge in [-0.25, -0.2) is 0 Å². The van der Waals surface area contributed by atoms with Crippen LogP contribution in [0.3, 0.4) is 0 Å². The topological polar surface area (TPSA) is 78.3 Å². The van der Waals surface area contributed by atoms with Crippen LogP contribution < -0.4 is 14.8 Å². The van der Waals surface area contributed by atoms with E-state index in [9.17, 15) is 4.79 Å². The van der Waals surface area contributed by atoms with E-state index in [1.165, 1.54) is 11.8 Å². The highest BCUT2D eigenvalue weighted by molar-refractivity contribution is 7.99. The molecule has 2 aromatic carbocycles. The molecule has 1 N–H and O–H groups in total. The van der Waals surface area contributed by atoms with Gasteiger partial charge in [-0.2, -0.15) is 0 Å². The zero-order chi connectivity index (χ0) is 19.9. The molecule has 3 aromatic rings. The standard InChI is InChI=1S/C19H19ClN4O3S/c1-26-16-7-6-13(8-17(16)27-2)10-21-18(25)11-28-19-23-22-12-24(19)15-5-3-4-14(20)9-15/h3-9,12H,10-11H2,1-2H3,(H,21,25). The molecule has 0 saturated heterocycles. The van der Waals surface area contributed by atoms with Crippen LogP contribution in [0, 0.1) is 0 Å². The number of carbonyl (C=O) groups is 1. The Morgan fingerprint density at radius 1 is 1.18 bits per heavy atom. The minimum atomic E-state index is -0.111. The molecule has 0 radical (unpaired) electrons. The van der Waals surface area contributed by atoms with Gasteiger partial charge in [0.1, 0.15) is 6.33 Å². The normalized spacial score (nSPS) is 10.5. The maximum atomic E-state index is 12.2. The van der Waals surface area contributed by atoms with Gasteiger partial charge in [-0.15, -0.1) is 10.2 Å². The molecule has 0 fully saturated rings. The van der Waals surface area contributed by atoms with E-state index in [0.29, 0.717) is 28.2 Å². The summed E-state index contributed by atoms with van der Waals surface area (Å²) in [5, 5.41) is 12.1. The van der Waals surface area contributed by atoms with Crippen molar-refractivity contribution in [3.8, 4) is 17.2 Å². The second-order valence-electron chi connectivity index (χ2n) is 5.72. The molecule has 0 atom stereocenters. The number of amides is 1. The number of hydrogen-bond donors (Lipinski definition) is 1. The number of nitrogens with one attached hydrogen (secondary N) is 1. The SMILES string of the molecule is COc1ccc(CNC(=O)CSc2nncn2-c2cccc(Cl)c2)cc1OC. The first-order chi connectivity index (χ1) is 13.6. The largest absolute Gasteiger partial charge is 0.493 e. The van der Waals surface area contributed by atoms with Gasteiger partial charge < -0.3 is 14.8 Å². The summed E-state index contributed by atoms with van der Waals surface area (Å²) in [5.41, 5.74) is 1.75. The van der Waals surface area contributed by atoms with Crippen LogP contribution in [0.15, 0.2) is 53.9 Å². The summed E-state index contributed by atoms with van der Waals surface area (Å²) in [4.78, 5) is 12.2. The van der Waals surface area contributed by atoms with Gasteiger partial charge in [0.2, 0.25) is 5.91 Å². The first-order valence-electron chi connectivity index (χ1n) is 8.37. The van der Waals surface area contributed by atoms with E-state index < -0.39 is 0 Å². The number of methoxy groups -OCH3 is 2. The Kier molecular flexibility index (Phi) is 6.78. The van der Waals surface area contributed by atoms with Crippen LogP contribution in [0.25, 0.3) is 5.69 Å². The summed E-state index contributed by atoms with van der Waals surface area (Å²) in [5.74, 6) is 1.37. The van der Waals surface area contributed by atoms with E-state index in [2.05, 4.69) is 15.5 Å². The number of rotatable bonds is 8. The molecule has 0 aliphatic rings. The molecule has 3 rings (SSSR count). The molecule has 1 aromatic heterocycles. The van der Waals surface area contributed by atoms with Crippen LogP contribution in [0.2, 0.25) is 5.02 Å². The number of nitrogens with zero attached hydrogens (tertiary/aromatic N) is 3. The third-order valence-electron chi connectivity index (χ3n) is 3.87. The summed E-state index contributed by atoms with van der Waals surface area (Å²) in [6.45, 7) is 0.390. The molecule has 146 valence electrons. The fourth-order valence-corrected chi connectivity index (χ4v) is 3.44.